The minimum absolute atomic E-state index is 0.0142. The number of nitrogens with zero attached hydrogens (tertiary/aromatic N) is 2. The van der Waals surface area contributed by atoms with Crippen molar-refractivity contribution in [3.63, 3.8) is 0 Å². The van der Waals surface area contributed by atoms with Crippen LogP contribution in [0.1, 0.15) is 149 Å². The summed E-state index contributed by atoms with van der Waals surface area (Å²) in [6.45, 7) is 20.7. The summed E-state index contributed by atoms with van der Waals surface area (Å²) in [5.41, 5.74) is -5.53. The third kappa shape index (κ3) is 22.8. The fourth-order valence-electron chi connectivity index (χ4n) is 14.1. The zero-order valence-electron chi connectivity index (χ0n) is 61.0. The molecule has 5 amide bonds. The Morgan fingerprint density at radius 3 is 2.04 bits per heavy atom. The minimum atomic E-state index is -4.62. The van der Waals surface area contributed by atoms with E-state index in [1.54, 1.807) is 84.0 Å². The highest BCUT2D eigenvalue weighted by molar-refractivity contribution is 6.02. The van der Waals surface area contributed by atoms with Crippen molar-refractivity contribution in [1.82, 2.24) is 36.4 Å². The summed E-state index contributed by atoms with van der Waals surface area (Å²) in [6.07, 6.45) is -15.5. The first-order chi connectivity index (χ1) is 47.2. The van der Waals surface area contributed by atoms with Crippen LogP contribution in [-0.2, 0) is 60.3 Å². The van der Waals surface area contributed by atoms with Crippen LogP contribution in [0.3, 0.4) is 0 Å². The predicted octanol–water partition coefficient (Wildman–Crippen LogP) is 5.00. The first-order valence-electron chi connectivity index (χ1n) is 35.1. The van der Waals surface area contributed by atoms with E-state index in [0.29, 0.717) is 12.0 Å². The number of hydrogen-bond donors (Lipinski definition) is 12. The minimum Gasteiger partial charge on any atom is -0.459 e. The molecule has 3 aliphatic rings. The molecule has 20 unspecified atom stereocenters. The Labute approximate surface area is 591 Å². The third-order valence-electron chi connectivity index (χ3n) is 19.7. The number of esters is 1. The first-order valence-corrected chi connectivity index (χ1v) is 35.1. The highest BCUT2D eigenvalue weighted by atomic mass is 19.4. The number of alkyl halides is 3. The molecule has 6 rings (SSSR count). The van der Waals surface area contributed by atoms with Crippen molar-refractivity contribution < 1.29 is 96.3 Å². The number of carbonyl (C=O) groups is 6. The largest absolute Gasteiger partial charge is 0.459 e. The summed E-state index contributed by atoms with van der Waals surface area (Å²) >= 11 is 0. The van der Waals surface area contributed by atoms with Gasteiger partial charge in [0.2, 0.25) is 23.6 Å². The van der Waals surface area contributed by atoms with E-state index >= 15 is 0 Å². The Balaban J connectivity index is 1.14. The third-order valence-corrected chi connectivity index (χ3v) is 19.7. The van der Waals surface area contributed by atoms with Gasteiger partial charge >= 0.3 is 12.1 Å². The fraction of sp³-hybridized carbons (Fsp3) is 0.671. The van der Waals surface area contributed by atoms with E-state index in [1.807, 2.05) is 51.6 Å². The van der Waals surface area contributed by atoms with Gasteiger partial charge in [0.1, 0.15) is 42.1 Å². The van der Waals surface area contributed by atoms with Crippen LogP contribution in [-0.4, -0.2) is 225 Å². The van der Waals surface area contributed by atoms with Gasteiger partial charge in [0.05, 0.1) is 71.4 Å². The molecule has 28 heteroatoms. The molecule has 3 aliphatic heterocycles. The molecule has 101 heavy (non-hydrogen) atoms. The second-order valence-electron chi connectivity index (χ2n) is 29.3. The SMILES string of the molecule is CCC1OC(=O)C(C)C(OC2CC(C)(O)C(O)C(C)O2)C(C)C(OC2OC(C)CC(N(C)C)C2O)C(C)(O)CC(C)CN(CCCNC(=O)CNC(=O)C(CC(C)C)NC(=O)C(Cc2ccccc2)NC(=O)CNC(=O)c2ccccc2Nc2cccc(C(F)(F)F)c2C)C(C)C(O)C1(C)O. The second-order valence-corrected chi connectivity index (χ2v) is 29.3. The molecule has 0 bridgehead atoms. The van der Waals surface area contributed by atoms with Crippen LogP contribution in [0.4, 0.5) is 24.5 Å². The normalized spacial score (nSPS) is 31.7. The number of rotatable bonds is 25. The summed E-state index contributed by atoms with van der Waals surface area (Å²) in [5.74, 6) is -7.09. The van der Waals surface area contributed by atoms with Gasteiger partial charge in [0.15, 0.2) is 12.6 Å². The zero-order valence-corrected chi connectivity index (χ0v) is 61.0. The summed E-state index contributed by atoms with van der Waals surface area (Å²) < 4.78 is 73.2. The quantitative estimate of drug-likeness (QED) is 0.0392. The van der Waals surface area contributed by atoms with E-state index in [9.17, 15) is 72.6 Å². The number of aliphatic hydroxyl groups excluding tert-OH is 3. The van der Waals surface area contributed by atoms with Crippen LogP contribution in [0, 0.1) is 30.6 Å². The number of para-hydroxylation sites is 1. The van der Waals surface area contributed by atoms with Gasteiger partial charge in [-0.15, -0.1) is 0 Å². The highest BCUT2D eigenvalue weighted by Crippen LogP contribution is 2.41. The van der Waals surface area contributed by atoms with Crippen LogP contribution in [0.25, 0.3) is 0 Å². The molecule has 0 saturated carbocycles. The zero-order chi connectivity index (χ0) is 75.2. The number of likely N-dealkylation sites (N-methyl/N-ethyl adjacent to an activating group) is 1. The summed E-state index contributed by atoms with van der Waals surface area (Å²) in [6, 6.07) is 14.7. The number of nitrogens with one attached hydrogen (secondary N) is 6. The number of ether oxygens (including phenoxy) is 5. The van der Waals surface area contributed by atoms with Crippen molar-refractivity contribution in [2.24, 2.45) is 23.7 Å². The fourth-order valence-corrected chi connectivity index (χ4v) is 14.1. The van der Waals surface area contributed by atoms with Gasteiger partial charge in [-0.2, -0.15) is 13.2 Å². The van der Waals surface area contributed by atoms with Crippen LogP contribution in [0.2, 0.25) is 0 Å². The lowest BCUT2D eigenvalue weighted by Crippen LogP contribution is -2.60. The van der Waals surface area contributed by atoms with Crippen molar-refractivity contribution in [3.8, 4) is 0 Å². The average molecular weight is 1430 g/mol. The first kappa shape index (κ1) is 83.5. The van der Waals surface area contributed by atoms with E-state index in [0.717, 1.165) is 6.07 Å². The molecule has 20 atom stereocenters. The molecule has 566 valence electrons. The number of halogens is 3. The van der Waals surface area contributed by atoms with Crippen molar-refractivity contribution in [2.45, 2.75) is 244 Å². The van der Waals surface area contributed by atoms with E-state index in [4.69, 9.17) is 23.7 Å². The molecule has 3 heterocycles. The molecule has 3 aromatic carbocycles. The molecule has 25 nitrogen and oxygen atoms in total. The maximum absolute atomic E-state index is 14.7. The Morgan fingerprint density at radius 1 is 0.762 bits per heavy atom. The molecule has 0 aromatic heterocycles. The molecule has 12 N–H and O–H groups in total. The summed E-state index contributed by atoms with van der Waals surface area (Å²) in [5, 5.41) is 87.9. The lowest BCUT2D eigenvalue weighted by molar-refractivity contribution is -0.316. The van der Waals surface area contributed by atoms with E-state index in [1.165, 1.54) is 45.0 Å². The number of carbonyl (C=O) groups excluding carboxylic acids is 6. The summed E-state index contributed by atoms with van der Waals surface area (Å²) in [4.78, 5) is 87.4. The molecular weight excluding hydrogens is 1320 g/mol. The average Bonchev–Trinajstić information content (AvgIpc) is 1.40. The van der Waals surface area contributed by atoms with Crippen molar-refractivity contribution >= 4 is 46.9 Å². The van der Waals surface area contributed by atoms with Gasteiger partial charge in [-0.05, 0) is 149 Å². The van der Waals surface area contributed by atoms with Gasteiger partial charge in [0, 0.05) is 56.2 Å². The van der Waals surface area contributed by atoms with Crippen molar-refractivity contribution in [3.05, 3.63) is 95.1 Å². The van der Waals surface area contributed by atoms with Gasteiger partial charge < -0.3 is 91.1 Å². The predicted molar refractivity (Wildman–Crippen MR) is 371 cm³/mol. The molecule has 0 radical (unpaired) electrons. The Bertz CT molecular complexity index is 3220. The molecule has 0 spiro atoms. The lowest BCUT2D eigenvalue weighted by atomic mass is 9.77. The van der Waals surface area contributed by atoms with Crippen molar-refractivity contribution in [1.29, 1.82) is 0 Å². The van der Waals surface area contributed by atoms with Crippen LogP contribution in [0.5, 0.6) is 0 Å². The van der Waals surface area contributed by atoms with E-state index in [-0.39, 0.29) is 92.7 Å². The van der Waals surface area contributed by atoms with Crippen LogP contribution < -0.4 is 31.9 Å². The van der Waals surface area contributed by atoms with Crippen molar-refractivity contribution in [2.75, 3.05) is 52.1 Å². The topological polar surface area (TPSA) is 349 Å². The molecule has 3 fully saturated rings. The molecule has 0 aliphatic carbocycles. The maximum atomic E-state index is 14.7. The second kappa shape index (κ2) is 36.3. The van der Waals surface area contributed by atoms with Gasteiger partial charge in [-0.3, -0.25) is 33.7 Å². The Kier molecular flexibility index (Phi) is 30.1. The molecular formula is C73H111F3N8O17. The standard InChI is InChI=1S/C73H111F3N8O17/c1-16-56-72(13,96)62(88)46(9)84(39-41(4)35-71(12,95)64(101-69-60(87)55(83(14)15)33-42(5)97-69)44(7)61(45(8)68(93)99-56)100-59-36-70(11,94)63(89)47(10)98-59)31-23-30-77-57(85)37-79-66(91)53(32-40(2)3)82-67(92)54(34-48-24-18-17-19-25-48)81-58(86)38-78-65(90)49-26-20-21-28-52(49)80-51-29-22-27-50(43(51)6)73(74,75)76/h17-22,24-29,40-42,44-47,53-56,59-64,69,80,87-89,94-96H,16,23,30-39H2,1-15H3,(H,77,85)(H,78,90)(H,79,91)(H,81,86)(H,82,92). The Hall–Kier alpha value is -6.41. The monoisotopic (exact) mass is 1430 g/mol. The highest BCUT2D eigenvalue weighted by Gasteiger charge is 2.53. The number of cyclic esters (lactones) is 1. The smallest absolute Gasteiger partial charge is 0.416 e. The van der Waals surface area contributed by atoms with Gasteiger partial charge in [0.25, 0.3) is 5.91 Å². The van der Waals surface area contributed by atoms with Crippen LogP contribution in [0.15, 0.2) is 72.8 Å². The maximum Gasteiger partial charge on any atom is 0.416 e. The Morgan fingerprint density at radius 2 is 1.41 bits per heavy atom. The molecule has 3 aromatic rings. The number of hydrogen-bond acceptors (Lipinski definition) is 20. The van der Waals surface area contributed by atoms with E-state index in [2.05, 4.69) is 31.9 Å². The van der Waals surface area contributed by atoms with E-state index < -0.39 is 174 Å². The number of anilines is 2. The van der Waals surface area contributed by atoms with Gasteiger partial charge in [-0.1, -0.05) is 83.1 Å². The van der Waals surface area contributed by atoms with Crippen LogP contribution >= 0.6 is 0 Å². The summed E-state index contributed by atoms with van der Waals surface area (Å²) in [7, 11) is 3.65. The lowest BCUT2D eigenvalue weighted by Gasteiger charge is -2.48. The number of aliphatic hydroxyl groups is 6. The van der Waals surface area contributed by atoms with Gasteiger partial charge in [-0.25, -0.2) is 0 Å². The number of benzene rings is 3. The molecule has 3 saturated heterocycles. The number of amides is 5.